The van der Waals surface area contributed by atoms with Gasteiger partial charge in [-0.25, -0.2) is 4.98 Å². The van der Waals surface area contributed by atoms with Crippen LogP contribution in [0.15, 0.2) is 24.3 Å². The van der Waals surface area contributed by atoms with Crippen LogP contribution in [0.3, 0.4) is 0 Å². The van der Waals surface area contributed by atoms with Crippen molar-refractivity contribution < 1.29 is 0 Å². The van der Waals surface area contributed by atoms with Gasteiger partial charge in [-0.15, -0.1) is 0 Å². The van der Waals surface area contributed by atoms with Gasteiger partial charge < -0.3 is 10.2 Å². The molecule has 1 aromatic rings. The average Bonchev–Trinajstić information content (AvgIpc) is 2.30. The number of aryl methyl sites for hydroxylation is 1. The highest BCUT2D eigenvalue weighted by atomic mass is 15.2. The predicted octanol–water partition coefficient (Wildman–Crippen LogP) is 1.88. The van der Waals surface area contributed by atoms with Gasteiger partial charge in [0.25, 0.3) is 0 Å². The Balaban J connectivity index is 2.22. The maximum absolute atomic E-state index is 4.60. The summed E-state index contributed by atoms with van der Waals surface area (Å²) < 4.78 is 0. The van der Waals surface area contributed by atoms with E-state index in [4.69, 9.17) is 0 Å². The van der Waals surface area contributed by atoms with Gasteiger partial charge in [0, 0.05) is 25.3 Å². The number of pyridine rings is 1. The Hall–Kier alpha value is -1.35. The van der Waals surface area contributed by atoms with Crippen molar-refractivity contribution in [2.75, 3.05) is 25.0 Å². The fraction of sp³-hybridized carbons (Fsp3) is 0.462. The van der Waals surface area contributed by atoms with E-state index in [0.717, 1.165) is 37.6 Å². The van der Waals surface area contributed by atoms with Crippen LogP contribution in [0.2, 0.25) is 0 Å². The molecule has 1 N–H and O–H groups in total. The van der Waals surface area contributed by atoms with Gasteiger partial charge in [-0.3, -0.25) is 0 Å². The van der Waals surface area contributed by atoms with E-state index in [1.807, 2.05) is 7.05 Å². The molecule has 3 nitrogen and oxygen atoms in total. The number of anilines is 1. The molecule has 0 bridgehead atoms. The predicted molar refractivity (Wildman–Crippen MR) is 67.7 cm³/mol. The Morgan fingerprint density at radius 2 is 2.25 bits per heavy atom. The molecule has 0 radical (unpaired) electrons. The number of hydrogen-bond acceptors (Lipinski definition) is 3. The molecule has 0 atom stereocenters. The summed E-state index contributed by atoms with van der Waals surface area (Å²) in [5, 5.41) is 3.18. The van der Waals surface area contributed by atoms with E-state index >= 15 is 0 Å². The largest absolute Gasteiger partial charge is 0.353 e. The van der Waals surface area contributed by atoms with Crippen molar-refractivity contribution in [3.05, 3.63) is 35.5 Å². The second-order valence-electron chi connectivity index (χ2n) is 4.21. The van der Waals surface area contributed by atoms with Crippen LogP contribution in [-0.4, -0.2) is 25.1 Å². The molecule has 0 aliphatic carbocycles. The van der Waals surface area contributed by atoms with Crippen LogP contribution in [0.4, 0.5) is 5.82 Å². The van der Waals surface area contributed by atoms with E-state index in [1.54, 1.807) is 0 Å². The molecule has 0 spiro atoms. The van der Waals surface area contributed by atoms with Crippen LogP contribution in [0, 0.1) is 6.92 Å². The molecule has 1 aliphatic rings. The number of aromatic nitrogens is 1. The fourth-order valence-corrected chi connectivity index (χ4v) is 2.04. The Morgan fingerprint density at radius 1 is 1.38 bits per heavy atom. The van der Waals surface area contributed by atoms with Crippen LogP contribution in [0.5, 0.6) is 0 Å². The van der Waals surface area contributed by atoms with Crippen LogP contribution < -0.4 is 10.2 Å². The lowest BCUT2D eigenvalue weighted by Gasteiger charge is -2.25. The zero-order valence-corrected chi connectivity index (χ0v) is 10.0. The minimum Gasteiger partial charge on any atom is -0.353 e. The summed E-state index contributed by atoms with van der Waals surface area (Å²) >= 11 is 0. The van der Waals surface area contributed by atoms with Gasteiger partial charge in [-0.2, -0.15) is 0 Å². The molecule has 2 rings (SSSR count). The first-order chi connectivity index (χ1) is 7.79. The maximum Gasteiger partial charge on any atom is 0.129 e. The van der Waals surface area contributed by atoms with E-state index in [1.165, 1.54) is 5.56 Å². The van der Waals surface area contributed by atoms with Crippen LogP contribution in [0.25, 0.3) is 0 Å². The molecule has 3 heteroatoms. The fourth-order valence-electron chi connectivity index (χ4n) is 2.04. The molecule has 0 aromatic carbocycles. The topological polar surface area (TPSA) is 28.2 Å². The van der Waals surface area contributed by atoms with E-state index in [-0.39, 0.29) is 0 Å². The quantitative estimate of drug-likeness (QED) is 0.783. The van der Waals surface area contributed by atoms with Crippen LogP contribution >= 0.6 is 0 Å². The van der Waals surface area contributed by atoms with Crippen molar-refractivity contribution >= 4 is 5.82 Å². The van der Waals surface area contributed by atoms with E-state index in [2.05, 4.69) is 46.4 Å². The molecule has 16 heavy (non-hydrogen) atoms. The zero-order chi connectivity index (χ0) is 11.4. The highest BCUT2D eigenvalue weighted by Crippen LogP contribution is 2.17. The lowest BCUT2D eigenvalue weighted by molar-refractivity contribution is 0.787. The van der Waals surface area contributed by atoms with Gasteiger partial charge in [0.15, 0.2) is 0 Å². The minimum absolute atomic E-state index is 0.903. The van der Waals surface area contributed by atoms with Crippen molar-refractivity contribution in [2.24, 2.45) is 0 Å². The third-order valence-electron chi connectivity index (χ3n) is 2.76. The average molecular weight is 217 g/mol. The molecule has 0 saturated carbocycles. The third kappa shape index (κ3) is 2.61. The first-order valence-corrected chi connectivity index (χ1v) is 5.81. The number of nitrogens with one attached hydrogen (secondary N) is 1. The third-order valence-corrected chi connectivity index (χ3v) is 2.76. The van der Waals surface area contributed by atoms with Crippen molar-refractivity contribution in [1.82, 2.24) is 10.3 Å². The summed E-state index contributed by atoms with van der Waals surface area (Å²) in [7, 11) is 1.97. The van der Waals surface area contributed by atoms with Crippen LogP contribution in [-0.2, 0) is 6.54 Å². The molecular formula is C13H19N3. The summed E-state index contributed by atoms with van der Waals surface area (Å²) in [6.07, 6.45) is 5.57. The smallest absolute Gasteiger partial charge is 0.129 e. The van der Waals surface area contributed by atoms with Crippen molar-refractivity contribution in [3.63, 3.8) is 0 Å². The molecule has 1 aliphatic heterocycles. The SMILES string of the molecule is CNCc1cc(C)nc(N2CC=CCC2)c1. The summed E-state index contributed by atoms with van der Waals surface area (Å²) in [5.74, 6) is 1.11. The van der Waals surface area contributed by atoms with Gasteiger partial charge in [-0.05, 0) is 38.1 Å². The Labute approximate surface area is 97.2 Å². The molecule has 1 aromatic heterocycles. The molecule has 0 unspecified atom stereocenters. The highest BCUT2D eigenvalue weighted by molar-refractivity contribution is 5.44. The molecule has 0 fully saturated rings. The second kappa shape index (κ2) is 5.12. The lowest BCUT2D eigenvalue weighted by atomic mass is 10.2. The maximum atomic E-state index is 4.60. The molecule has 0 saturated heterocycles. The lowest BCUT2D eigenvalue weighted by Crippen LogP contribution is -2.28. The van der Waals surface area contributed by atoms with Crippen LogP contribution in [0.1, 0.15) is 17.7 Å². The second-order valence-corrected chi connectivity index (χ2v) is 4.21. The van der Waals surface area contributed by atoms with Crippen molar-refractivity contribution in [3.8, 4) is 0 Å². The summed E-state index contributed by atoms with van der Waals surface area (Å²) in [4.78, 5) is 6.93. The summed E-state index contributed by atoms with van der Waals surface area (Å²) in [6.45, 7) is 5.02. The standard InChI is InChI=1S/C13H19N3/c1-11-8-12(10-14-2)9-13(15-11)16-6-4-3-5-7-16/h3-4,8-9,14H,5-7,10H2,1-2H3. The minimum atomic E-state index is 0.903. The van der Waals surface area contributed by atoms with Gasteiger partial charge in [0.05, 0.1) is 0 Å². The van der Waals surface area contributed by atoms with Crippen molar-refractivity contribution in [1.29, 1.82) is 0 Å². The monoisotopic (exact) mass is 217 g/mol. The molecule has 86 valence electrons. The summed E-state index contributed by atoms with van der Waals surface area (Å²) in [6, 6.07) is 4.32. The molecule has 2 heterocycles. The van der Waals surface area contributed by atoms with Gasteiger partial charge in [0.1, 0.15) is 5.82 Å². The van der Waals surface area contributed by atoms with Gasteiger partial charge >= 0.3 is 0 Å². The summed E-state index contributed by atoms with van der Waals surface area (Å²) in [5.41, 5.74) is 2.40. The number of nitrogens with zero attached hydrogens (tertiary/aromatic N) is 2. The normalized spacial score (nSPS) is 15.5. The Bertz CT molecular complexity index is 385. The van der Waals surface area contributed by atoms with Crippen molar-refractivity contribution in [2.45, 2.75) is 19.9 Å². The van der Waals surface area contributed by atoms with E-state index < -0.39 is 0 Å². The first kappa shape index (κ1) is 11.1. The van der Waals surface area contributed by atoms with Gasteiger partial charge in [0.2, 0.25) is 0 Å². The zero-order valence-electron chi connectivity index (χ0n) is 10.0. The molecular weight excluding hydrogens is 198 g/mol. The number of hydrogen-bond donors (Lipinski definition) is 1. The highest BCUT2D eigenvalue weighted by Gasteiger charge is 2.09. The van der Waals surface area contributed by atoms with E-state index in [0.29, 0.717) is 0 Å². The number of rotatable bonds is 3. The first-order valence-electron chi connectivity index (χ1n) is 5.81. The molecule has 0 amide bonds. The Kier molecular flexibility index (Phi) is 3.57. The Morgan fingerprint density at radius 3 is 2.94 bits per heavy atom. The van der Waals surface area contributed by atoms with Gasteiger partial charge in [-0.1, -0.05) is 12.2 Å². The van der Waals surface area contributed by atoms with E-state index in [9.17, 15) is 0 Å².